The number of phosphoric ester groups is 1. The van der Waals surface area contributed by atoms with Gasteiger partial charge in [0.05, 0.1) is 33.8 Å². The van der Waals surface area contributed by atoms with Gasteiger partial charge in [-0.2, -0.15) is 0 Å². The summed E-state index contributed by atoms with van der Waals surface area (Å²) in [5, 5.41) is 3.02. The number of unbranched alkanes of at least 4 members (excludes halogenated alkanes) is 38. The van der Waals surface area contributed by atoms with Gasteiger partial charge in [0.15, 0.2) is 0 Å². The van der Waals surface area contributed by atoms with Crippen LogP contribution < -0.4 is 10.2 Å². The van der Waals surface area contributed by atoms with Gasteiger partial charge in [0.2, 0.25) is 5.91 Å². The molecule has 0 bridgehead atoms. The summed E-state index contributed by atoms with van der Waals surface area (Å²) in [6.45, 7) is 6.80. The fourth-order valence-corrected chi connectivity index (χ4v) is 10.3. The van der Waals surface area contributed by atoms with Gasteiger partial charge >= 0.3 is 5.97 Å². The Morgan fingerprint density at radius 2 is 0.805 bits per heavy atom. The molecule has 0 saturated heterocycles. The van der Waals surface area contributed by atoms with E-state index in [-0.39, 0.29) is 31.5 Å². The van der Waals surface area contributed by atoms with Crippen LogP contribution in [0.15, 0.2) is 48.6 Å². The third-order valence-corrected chi connectivity index (χ3v) is 15.7. The van der Waals surface area contributed by atoms with Crippen molar-refractivity contribution in [1.29, 1.82) is 0 Å². The zero-order chi connectivity index (χ0) is 56.4. The van der Waals surface area contributed by atoms with Gasteiger partial charge in [-0.1, -0.05) is 269 Å². The van der Waals surface area contributed by atoms with Gasteiger partial charge in [0, 0.05) is 12.8 Å². The molecule has 77 heavy (non-hydrogen) atoms. The molecule has 1 N–H and O–H groups in total. The minimum atomic E-state index is -4.70. The average molecular weight is 1100 g/mol. The van der Waals surface area contributed by atoms with E-state index in [2.05, 4.69) is 62.5 Å². The van der Waals surface area contributed by atoms with E-state index in [0.29, 0.717) is 17.4 Å². The molecule has 1 amide bonds. The monoisotopic (exact) mass is 1100 g/mol. The Morgan fingerprint density at radius 3 is 1.25 bits per heavy atom. The largest absolute Gasteiger partial charge is 0.756 e. The molecule has 10 heteroatoms. The number of esters is 1. The quantitative estimate of drug-likeness (QED) is 0.0212. The molecular weight excluding hydrogens is 976 g/mol. The van der Waals surface area contributed by atoms with Crippen LogP contribution in [0.4, 0.5) is 0 Å². The van der Waals surface area contributed by atoms with E-state index in [1.165, 1.54) is 193 Å². The first kappa shape index (κ1) is 75.0. The van der Waals surface area contributed by atoms with Crippen LogP contribution in [0.1, 0.15) is 316 Å². The first-order chi connectivity index (χ1) is 37.4. The van der Waals surface area contributed by atoms with Crippen LogP contribution in [-0.4, -0.2) is 69.4 Å². The highest BCUT2D eigenvalue weighted by Crippen LogP contribution is 2.38. The second kappa shape index (κ2) is 57.2. The van der Waals surface area contributed by atoms with Gasteiger partial charge < -0.3 is 28.5 Å². The zero-order valence-corrected chi connectivity index (χ0v) is 52.6. The van der Waals surface area contributed by atoms with Crippen molar-refractivity contribution in [3.8, 4) is 0 Å². The molecule has 0 spiro atoms. The van der Waals surface area contributed by atoms with Gasteiger partial charge in [-0.05, 0) is 83.1 Å². The maximum atomic E-state index is 13.5. The number of likely N-dealkylation sites (N-methyl/N-ethyl adjacent to an activating group) is 1. The molecule has 3 unspecified atom stereocenters. The van der Waals surface area contributed by atoms with E-state index in [1.807, 2.05) is 33.3 Å². The number of amides is 1. The van der Waals surface area contributed by atoms with Crippen LogP contribution in [0.25, 0.3) is 0 Å². The van der Waals surface area contributed by atoms with E-state index in [1.54, 1.807) is 0 Å². The Morgan fingerprint density at radius 1 is 0.455 bits per heavy atom. The predicted octanol–water partition coefficient (Wildman–Crippen LogP) is 19.8. The summed E-state index contributed by atoms with van der Waals surface area (Å²) in [6, 6.07) is -0.889. The highest BCUT2D eigenvalue weighted by molar-refractivity contribution is 7.45. The molecule has 0 heterocycles. The van der Waals surface area contributed by atoms with Crippen LogP contribution >= 0.6 is 7.82 Å². The molecule has 0 fully saturated rings. The van der Waals surface area contributed by atoms with Gasteiger partial charge in [0.25, 0.3) is 7.82 Å². The number of phosphoric acid groups is 1. The van der Waals surface area contributed by atoms with Crippen molar-refractivity contribution in [3.05, 3.63) is 48.6 Å². The van der Waals surface area contributed by atoms with Crippen molar-refractivity contribution in [1.82, 2.24) is 5.32 Å². The Bertz CT molecular complexity index is 1460. The molecule has 0 aliphatic rings. The molecule has 0 aliphatic carbocycles. The van der Waals surface area contributed by atoms with Crippen molar-refractivity contribution in [2.45, 2.75) is 328 Å². The number of carbonyl (C=O) groups excluding carboxylic acids is 2. The van der Waals surface area contributed by atoms with Gasteiger partial charge in [-0.15, -0.1) is 0 Å². The summed E-state index contributed by atoms with van der Waals surface area (Å²) in [4.78, 5) is 40.0. The maximum absolute atomic E-state index is 13.5. The van der Waals surface area contributed by atoms with Crippen LogP contribution in [0.5, 0.6) is 0 Å². The molecule has 0 radical (unpaired) electrons. The second-order valence-electron chi connectivity index (χ2n) is 23.6. The van der Waals surface area contributed by atoms with Crippen molar-refractivity contribution in [2.24, 2.45) is 0 Å². The lowest BCUT2D eigenvalue weighted by Gasteiger charge is -2.30. The smallest absolute Gasteiger partial charge is 0.306 e. The predicted molar refractivity (Wildman–Crippen MR) is 330 cm³/mol. The van der Waals surface area contributed by atoms with E-state index < -0.39 is 20.0 Å². The van der Waals surface area contributed by atoms with E-state index in [9.17, 15) is 19.0 Å². The summed E-state index contributed by atoms with van der Waals surface area (Å²) in [7, 11) is 1.19. The Balaban J connectivity index is 4.98. The second-order valence-corrected chi connectivity index (χ2v) is 25.0. The highest BCUT2D eigenvalue weighted by Gasteiger charge is 2.27. The Labute approximate surface area is 478 Å². The fraction of sp³-hybridized carbons (Fsp3) is 0.851. The van der Waals surface area contributed by atoms with E-state index >= 15 is 0 Å². The van der Waals surface area contributed by atoms with Crippen LogP contribution in [-0.2, 0) is 27.9 Å². The number of ether oxygens (including phenoxy) is 1. The summed E-state index contributed by atoms with van der Waals surface area (Å²) >= 11 is 0. The minimum absolute atomic E-state index is 0.0226. The topological polar surface area (TPSA) is 114 Å². The molecule has 0 rings (SSSR count). The lowest BCUT2D eigenvalue weighted by molar-refractivity contribution is -0.870. The third-order valence-electron chi connectivity index (χ3n) is 14.7. The van der Waals surface area contributed by atoms with Crippen LogP contribution in [0.2, 0.25) is 0 Å². The van der Waals surface area contributed by atoms with Crippen molar-refractivity contribution in [2.75, 3.05) is 40.9 Å². The van der Waals surface area contributed by atoms with E-state index in [4.69, 9.17) is 13.8 Å². The number of rotatable bonds is 60. The standard InChI is InChI=1S/C67H127N2O7P/c1-7-10-13-16-19-22-25-27-28-29-30-31-32-33-34-35-36-37-38-39-40-42-45-48-51-54-57-60-67(71)76-65(58-55-52-49-46-44-41-26-23-20-17-14-11-8-2)64(63-75-77(72,73)74-62-61-69(4,5)6)68-66(70)59-56-53-50-47-43-24-21-18-15-12-9-3/h18-19,21-22,27-28,55,58,64-65H,7-17,20,23-26,29-54,56-57,59-63H2,1-6H3,(H-,68,70,72,73)/b21-18-,22-19-,28-27-,58-55-. The molecule has 0 aromatic rings. The zero-order valence-electron chi connectivity index (χ0n) is 51.7. The van der Waals surface area contributed by atoms with Crippen molar-refractivity contribution < 1.29 is 37.3 Å². The highest BCUT2D eigenvalue weighted by atomic mass is 31.2. The molecule has 0 saturated carbocycles. The summed E-state index contributed by atoms with van der Waals surface area (Å²) in [6.07, 6.45) is 71.0. The van der Waals surface area contributed by atoms with Crippen LogP contribution in [0, 0.1) is 0 Å². The Kier molecular flexibility index (Phi) is 55.7. The lowest BCUT2D eigenvalue weighted by Crippen LogP contribution is -2.47. The van der Waals surface area contributed by atoms with Crippen molar-refractivity contribution in [3.63, 3.8) is 0 Å². The third kappa shape index (κ3) is 58.4. The first-order valence-corrected chi connectivity index (χ1v) is 34.4. The molecule has 0 aliphatic heterocycles. The first-order valence-electron chi connectivity index (χ1n) is 32.9. The lowest BCUT2D eigenvalue weighted by atomic mass is 10.0. The van der Waals surface area contributed by atoms with Crippen LogP contribution in [0.3, 0.4) is 0 Å². The molecule has 9 nitrogen and oxygen atoms in total. The molecule has 0 aromatic carbocycles. The van der Waals surface area contributed by atoms with Crippen molar-refractivity contribution >= 4 is 19.7 Å². The number of hydrogen-bond acceptors (Lipinski definition) is 7. The number of nitrogens with zero attached hydrogens (tertiary/aromatic N) is 1. The fourth-order valence-electron chi connectivity index (χ4n) is 9.59. The SMILES string of the molecule is CCCC/C=C\CCCCCCCC(=O)NC(COP(=O)([O-])OCC[N+](C)(C)C)C(/C=C\CCCCCCCCCCCCC)OC(=O)CCCCCCCCCCCCCCCCCCC/C=C\C/C=C\CCCCC. The number of quaternary nitrogens is 1. The van der Waals surface area contributed by atoms with Gasteiger partial charge in [-0.25, -0.2) is 0 Å². The number of nitrogens with one attached hydrogen (secondary N) is 1. The summed E-state index contributed by atoms with van der Waals surface area (Å²) in [5.41, 5.74) is 0. The Hall–Kier alpha value is -2.03. The van der Waals surface area contributed by atoms with Gasteiger partial charge in [-0.3, -0.25) is 14.2 Å². The average Bonchev–Trinajstić information content (AvgIpc) is 3.39. The molecule has 452 valence electrons. The summed E-state index contributed by atoms with van der Waals surface area (Å²) in [5.74, 6) is -0.541. The molecule has 3 atom stereocenters. The van der Waals surface area contributed by atoms with E-state index in [0.717, 1.165) is 89.9 Å². The number of allylic oxidation sites excluding steroid dienone is 7. The van der Waals surface area contributed by atoms with Gasteiger partial charge in [0.1, 0.15) is 19.3 Å². The summed E-state index contributed by atoms with van der Waals surface area (Å²) < 4.78 is 30.3. The normalized spacial score (nSPS) is 13.9. The molecule has 0 aromatic heterocycles. The number of carbonyl (C=O) groups is 2. The molecular formula is C67H127N2O7P. The minimum Gasteiger partial charge on any atom is -0.756 e. The number of hydrogen-bond donors (Lipinski definition) is 1. The maximum Gasteiger partial charge on any atom is 0.306 e.